The third kappa shape index (κ3) is 4.32. The first-order chi connectivity index (χ1) is 10.7. The Kier molecular flexibility index (Phi) is 5.52. The van der Waals surface area contributed by atoms with E-state index in [9.17, 15) is 0 Å². The molecular formula is C16H17BrClN3S. The summed E-state index contributed by atoms with van der Waals surface area (Å²) < 4.78 is 1.14. The molecule has 0 radical (unpaired) electrons. The average Bonchev–Trinajstić information content (AvgIpc) is 2.94. The number of piperazine rings is 1. The predicted molar refractivity (Wildman–Crippen MR) is 97.9 cm³/mol. The number of hydrogen-bond donors (Lipinski definition) is 0. The van der Waals surface area contributed by atoms with Gasteiger partial charge in [0.1, 0.15) is 0 Å². The summed E-state index contributed by atoms with van der Waals surface area (Å²) in [6.45, 7) is 4.84. The summed E-state index contributed by atoms with van der Waals surface area (Å²) in [5.41, 5.74) is 1.20. The van der Waals surface area contributed by atoms with Crippen LogP contribution in [0.4, 0.5) is 0 Å². The molecule has 0 atom stereocenters. The van der Waals surface area contributed by atoms with Crippen molar-refractivity contribution >= 4 is 45.1 Å². The standard InChI is InChI=1S/C16H17BrClN3S/c17-16-6-5-14(22-16)11-19-21-9-7-20(8-10-21)12-13-3-1-2-4-15(13)18/h1-6,11H,7-10,12H2/b19-11-. The minimum Gasteiger partial charge on any atom is -0.295 e. The van der Waals surface area contributed by atoms with E-state index in [1.807, 2.05) is 30.5 Å². The van der Waals surface area contributed by atoms with Crippen LogP contribution in [0.5, 0.6) is 0 Å². The van der Waals surface area contributed by atoms with Crippen LogP contribution in [-0.4, -0.2) is 42.3 Å². The number of hydrazone groups is 1. The Balaban J connectivity index is 1.50. The highest BCUT2D eigenvalue weighted by molar-refractivity contribution is 9.11. The Morgan fingerprint density at radius 2 is 1.91 bits per heavy atom. The molecule has 1 saturated heterocycles. The molecule has 22 heavy (non-hydrogen) atoms. The first-order valence-corrected chi connectivity index (χ1v) is 9.19. The smallest absolute Gasteiger partial charge is 0.0705 e. The molecule has 0 N–H and O–H groups in total. The van der Waals surface area contributed by atoms with Crippen LogP contribution in [0.2, 0.25) is 5.02 Å². The van der Waals surface area contributed by atoms with Crippen molar-refractivity contribution in [2.75, 3.05) is 26.2 Å². The van der Waals surface area contributed by atoms with Gasteiger partial charge < -0.3 is 0 Å². The van der Waals surface area contributed by atoms with Crippen LogP contribution in [0.15, 0.2) is 45.3 Å². The van der Waals surface area contributed by atoms with Crippen LogP contribution >= 0.6 is 38.9 Å². The molecule has 0 unspecified atom stereocenters. The van der Waals surface area contributed by atoms with E-state index in [0.717, 1.165) is 41.5 Å². The number of hydrogen-bond acceptors (Lipinski definition) is 4. The van der Waals surface area contributed by atoms with Gasteiger partial charge in [0.2, 0.25) is 0 Å². The zero-order valence-corrected chi connectivity index (χ0v) is 15.2. The molecule has 1 aromatic heterocycles. The monoisotopic (exact) mass is 397 g/mol. The molecule has 116 valence electrons. The van der Waals surface area contributed by atoms with Gasteiger partial charge in [0.15, 0.2) is 0 Å². The number of nitrogens with zero attached hydrogens (tertiary/aromatic N) is 3. The van der Waals surface area contributed by atoms with Crippen molar-refractivity contribution in [1.82, 2.24) is 9.91 Å². The van der Waals surface area contributed by atoms with Crippen LogP contribution < -0.4 is 0 Å². The van der Waals surface area contributed by atoms with Gasteiger partial charge in [0, 0.05) is 42.6 Å². The normalized spacial score (nSPS) is 16.5. The van der Waals surface area contributed by atoms with Crippen molar-refractivity contribution in [2.24, 2.45) is 5.10 Å². The largest absolute Gasteiger partial charge is 0.295 e. The van der Waals surface area contributed by atoms with Crippen LogP contribution in [0.1, 0.15) is 10.4 Å². The molecular weight excluding hydrogens is 382 g/mol. The molecule has 1 aromatic carbocycles. The van der Waals surface area contributed by atoms with Crippen molar-refractivity contribution in [2.45, 2.75) is 6.54 Å². The second-order valence-corrected chi connectivity index (χ2v) is 8.11. The molecule has 0 saturated carbocycles. The summed E-state index contributed by atoms with van der Waals surface area (Å²) in [5, 5.41) is 7.56. The predicted octanol–water partition coefficient (Wildman–Crippen LogP) is 4.32. The van der Waals surface area contributed by atoms with Crippen LogP contribution in [0.25, 0.3) is 0 Å². The van der Waals surface area contributed by atoms with E-state index in [4.69, 9.17) is 11.6 Å². The first-order valence-electron chi connectivity index (χ1n) is 7.21. The Morgan fingerprint density at radius 1 is 1.14 bits per heavy atom. The topological polar surface area (TPSA) is 18.8 Å². The molecule has 0 amide bonds. The van der Waals surface area contributed by atoms with E-state index in [0.29, 0.717) is 0 Å². The number of thiophene rings is 1. The van der Waals surface area contributed by atoms with E-state index in [-0.39, 0.29) is 0 Å². The average molecular weight is 399 g/mol. The van der Waals surface area contributed by atoms with E-state index in [1.54, 1.807) is 11.3 Å². The first kappa shape index (κ1) is 16.0. The van der Waals surface area contributed by atoms with Gasteiger partial charge in [-0.1, -0.05) is 29.8 Å². The van der Waals surface area contributed by atoms with E-state index in [2.05, 4.69) is 43.1 Å². The quantitative estimate of drug-likeness (QED) is 0.714. The highest BCUT2D eigenvalue weighted by Crippen LogP contribution is 2.21. The molecule has 0 bridgehead atoms. The van der Waals surface area contributed by atoms with Crippen LogP contribution in [0.3, 0.4) is 0 Å². The number of rotatable bonds is 4. The molecule has 6 heteroatoms. The second-order valence-electron chi connectivity index (χ2n) is 5.21. The molecule has 2 aromatic rings. The highest BCUT2D eigenvalue weighted by Gasteiger charge is 2.16. The Hall–Kier alpha value is -0.880. The highest BCUT2D eigenvalue weighted by atomic mass is 79.9. The maximum absolute atomic E-state index is 6.23. The lowest BCUT2D eigenvalue weighted by atomic mass is 10.2. The number of benzene rings is 1. The lowest BCUT2D eigenvalue weighted by molar-refractivity contribution is 0.131. The molecule has 1 fully saturated rings. The maximum atomic E-state index is 6.23. The van der Waals surface area contributed by atoms with Gasteiger partial charge in [-0.25, -0.2) is 0 Å². The van der Waals surface area contributed by atoms with Gasteiger partial charge in [-0.2, -0.15) is 5.10 Å². The Labute approximate surface area is 148 Å². The van der Waals surface area contributed by atoms with Gasteiger partial charge in [0.25, 0.3) is 0 Å². The van der Waals surface area contributed by atoms with Gasteiger partial charge in [0.05, 0.1) is 10.0 Å². The molecule has 0 spiro atoms. The summed E-state index contributed by atoms with van der Waals surface area (Å²) in [7, 11) is 0. The third-order valence-electron chi connectivity index (χ3n) is 3.64. The van der Waals surface area contributed by atoms with Crippen molar-refractivity contribution in [3.05, 3.63) is 55.6 Å². The zero-order valence-electron chi connectivity index (χ0n) is 12.1. The second kappa shape index (κ2) is 7.59. The number of halogens is 2. The molecule has 1 aliphatic rings. The minimum atomic E-state index is 0.853. The maximum Gasteiger partial charge on any atom is 0.0705 e. The van der Waals surface area contributed by atoms with E-state index in [1.165, 1.54) is 10.4 Å². The van der Waals surface area contributed by atoms with Crippen LogP contribution in [-0.2, 0) is 6.54 Å². The fraction of sp³-hybridized carbons (Fsp3) is 0.312. The summed E-state index contributed by atoms with van der Waals surface area (Å²) in [5.74, 6) is 0. The third-order valence-corrected chi connectivity index (χ3v) is 5.57. The van der Waals surface area contributed by atoms with Crippen LogP contribution in [0, 0.1) is 0 Å². The van der Waals surface area contributed by atoms with Crippen molar-refractivity contribution in [1.29, 1.82) is 0 Å². The Morgan fingerprint density at radius 3 is 2.59 bits per heavy atom. The molecule has 3 rings (SSSR count). The molecule has 1 aliphatic heterocycles. The van der Waals surface area contributed by atoms with Crippen molar-refractivity contribution in [3.63, 3.8) is 0 Å². The van der Waals surface area contributed by atoms with Gasteiger partial charge in [-0.3, -0.25) is 9.91 Å². The van der Waals surface area contributed by atoms with Gasteiger partial charge >= 0.3 is 0 Å². The van der Waals surface area contributed by atoms with E-state index >= 15 is 0 Å². The lowest BCUT2D eigenvalue weighted by Crippen LogP contribution is -2.43. The molecule has 3 nitrogen and oxygen atoms in total. The minimum absolute atomic E-state index is 0.853. The van der Waals surface area contributed by atoms with Gasteiger partial charge in [-0.05, 0) is 39.7 Å². The van der Waals surface area contributed by atoms with Crippen molar-refractivity contribution in [3.8, 4) is 0 Å². The van der Waals surface area contributed by atoms with Gasteiger partial charge in [-0.15, -0.1) is 11.3 Å². The fourth-order valence-electron chi connectivity index (χ4n) is 2.41. The summed E-state index contributed by atoms with van der Waals surface area (Å²) in [4.78, 5) is 3.60. The lowest BCUT2D eigenvalue weighted by Gasteiger charge is -2.33. The van der Waals surface area contributed by atoms with E-state index < -0.39 is 0 Å². The summed E-state index contributed by atoms with van der Waals surface area (Å²) >= 11 is 11.4. The Bertz CT molecular complexity index is 650. The SMILES string of the molecule is Clc1ccccc1CN1CCN(/N=C\c2ccc(Br)s2)CC1. The summed E-state index contributed by atoms with van der Waals surface area (Å²) in [6.07, 6.45) is 1.94. The molecule has 2 heterocycles. The summed E-state index contributed by atoms with van der Waals surface area (Å²) in [6, 6.07) is 12.2. The fourth-order valence-corrected chi connectivity index (χ4v) is 3.90. The van der Waals surface area contributed by atoms with Crippen molar-refractivity contribution < 1.29 is 0 Å². The zero-order chi connectivity index (χ0) is 15.4. The molecule has 0 aliphatic carbocycles.